The Morgan fingerprint density at radius 1 is 1.48 bits per heavy atom. The fourth-order valence-electron chi connectivity index (χ4n) is 1.49. The molecule has 6 nitrogen and oxygen atoms in total. The molecule has 0 bridgehead atoms. The van der Waals surface area contributed by atoms with Crippen LogP contribution in [0.2, 0.25) is 0 Å². The molecule has 0 saturated heterocycles. The normalized spacial score (nSPS) is 9.43. The smallest absolute Gasteiger partial charge is 0.325 e. The quantitative estimate of drug-likeness (QED) is 0.758. The van der Waals surface area contributed by atoms with Crippen LogP contribution in [0, 0.1) is 11.8 Å². The van der Waals surface area contributed by atoms with Crippen molar-refractivity contribution in [3.63, 3.8) is 0 Å². The monoisotopic (exact) mass is 302 g/mol. The number of nitrogens with one attached hydrogen (secondary N) is 2. The van der Waals surface area contributed by atoms with Gasteiger partial charge in [0.05, 0.1) is 24.7 Å². The molecule has 0 aliphatic carbocycles. The topological polar surface area (TPSA) is 89.3 Å². The molecule has 0 unspecified atom stereocenters. The molecule has 1 aromatic heterocycles. The minimum Gasteiger partial charge on any atom is -0.497 e. The summed E-state index contributed by atoms with van der Waals surface area (Å²) in [5.74, 6) is 6.25. The van der Waals surface area contributed by atoms with Crippen LogP contribution in [0.5, 0.6) is 5.75 Å². The number of aromatic nitrogens is 1. The van der Waals surface area contributed by atoms with Crippen LogP contribution in [0.4, 0.5) is 15.6 Å². The molecule has 2 aromatic rings. The summed E-state index contributed by atoms with van der Waals surface area (Å²) in [7, 11) is 1.57. The zero-order valence-electron chi connectivity index (χ0n) is 11.3. The maximum Gasteiger partial charge on any atom is 0.325 e. The van der Waals surface area contributed by atoms with Gasteiger partial charge in [-0.1, -0.05) is 29.2 Å². The molecule has 7 heteroatoms. The molecular weight excluding hydrogens is 288 g/mol. The summed E-state index contributed by atoms with van der Waals surface area (Å²) in [4.78, 5) is 16.7. The number of nitrogens with two attached hydrogens (primary N) is 1. The van der Waals surface area contributed by atoms with Crippen molar-refractivity contribution < 1.29 is 9.53 Å². The van der Waals surface area contributed by atoms with Gasteiger partial charge in [-0.15, -0.1) is 0 Å². The van der Waals surface area contributed by atoms with Crippen molar-refractivity contribution >= 4 is 28.2 Å². The first-order chi connectivity index (χ1) is 10.2. The van der Waals surface area contributed by atoms with Crippen molar-refractivity contribution in [2.45, 2.75) is 0 Å². The summed E-state index contributed by atoms with van der Waals surface area (Å²) in [6.45, 7) is 0.289. The van der Waals surface area contributed by atoms with E-state index in [1.807, 2.05) is 0 Å². The van der Waals surface area contributed by atoms with Gasteiger partial charge in [-0.05, 0) is 12.1 Å². The summed E-state index contributed by atoms with van der Waals surface area (Å²) in [5, 5.41) is 5.81. The summed E-state index contributed by atoms with van der Waals surface area (Å²) in [5.41, 5.74) is 5.93. The molecule has 0 aliphatic rings. The van der Waals surface area contributed by atoms with Gasteiger partial charge in [0.25, 0.3) is 0 Å². The first-order valence-electron chi connectivity index (χ1n) is 6.08. The third kappa shape index (κ3) is 4.49. The second-order valence-electron chi connectivity index (χ2n) is 3.85. The summed E-state index contributed by atoms with van der Waals surface area (Å²) >= 11 is 1.28. The number of nitrogens with zero attached hydrogens (tertiary/aromatic N) is 1. The van der Waals surface area contributed by atoms with Crippen molar-refractivity contribution in [3.8, 4) is 17.6 Å². The molecule has 1 heterocycles. The lowest BCUT2D eigenvalue weighted by Crippen LogP contribution is -2.19. The van der Waals surface area contributed by atoms with E-state index in [-0.39, 0.29) is 12.6 Å². The Labute approximate surface area is 126 Å². The number of hydrogen-bond acceptors (Lipinski definition) is 5. The molecule has 0 saturated carbocycles. The molecule has 0 spiro atoms. The predicted molar refractivity (Wildman–Crippen MR) is 83.7 cm³/mol. The molecule has 0 atom stereocenters. The SMILES string of the molecule is COc1cccc(NC(=O)Nc2ncc(C#CCN)s2)c1. The molecule has 2 amide bonds. The molecule has 0 radical (unpaired) electrons. The van der Waals surface area contributed by atoms with E-state index in [9.17, 15) is 4.79 Å². The van der Waals surface area contributed by atoms with Gasteiger partial charge in [-0.2, -0.15) is 0 Å². The highest BCUT2D eigenvalue weighted by Gasteiger charge is 2.06. The number of urea groups is 1. The van der Waals surface area contributed by atoms with E-state index in [0.717, 1.165) is 4.88 Å². The minimum absolute atomic E-state index is 0.289. The predicted octanol–water partition coefficient (Wildman–Crippen LogP) is 2.11. The summed E-state index contributed by atoms with van der Waals surface area (Å²) in [6.07, 6.45) is 1.59. The van der Waals surface area contributed by atoms with Gasteiger partial charge in [-0.25, -0.2) is 9.78 Å². The second-order valence-corrected chi connectivity index (χ2v) is 4.88. The van der Waals surface area contributed by atoms with E-state index in [0.29, 0.717) is 16.6 Å². The number of hydrogen-bond donors (Lipinski definition) is 3. The van der Waals surface area contributed by atoms with Crippen molar-refractivity contribution in [2.75, 3.05) is 24.3 Å². The number of carbonyl (C=O) groups excluding carboxylic acids is 1. The number of carbonyl (C=O) groups is 1. The molecule has 1 aromatic carbocycles. The van der Waals surface area contributed by atoms with E-state index in [1.54, 1.807) is 37.6 Å². The maximum absolute atomic E-state index is 11.9. The Balaban J connectivity index is 1.96. The zero-order valence-corrected chi connectivity index (χ0v) is 12.2. The van der Waals surface area contributed by atoms with Crippen molar-refractivity contribution in [2.24, 2.45) is 5.73 Å². The molecule has 4 N–H and O–H groups in total. The number of rotatable bonds is 3. The summed E-state index contributed by atoms with van der Waals surface area (Å²) in [6, 6.07) is 6.70. The average Bonchev–Trinajstić information content (AvgIpc) is 2.92. The lowest BCUT2D eigenvalue weighted by Gasteiger charge is -2.06. The molecule has 0 fully saturated rings. The van der Waals surface area contributed by atoms with Crippen LogP contribution in [0.3, 0.4) is 0 Å². The van der Waals surface area contributed by atoms with E-state index in [4.69, 9.17) is 10.5 Å². The minimum atomic E-state index is -0.379. The Hall–Kier alpha value is -2.56. The Bertz CT molecular complexity index is 688. The number of ether oxygens (including phenoxy) is 1. The van der Waals surface area contributed by atoms with Gasteiger partial charge >= 0.3 is 6.03 Å². The Morgan fingerprint density at radius 3 is 3.10 bits per heavy atom. The van der Waals surface area contributed by atoms with Crippen LogP contribution in [0.15, 0.2) is 30.5 Å². The van der Waals surface area contributed by atoms with Crippen LogP contribution in [0.25, 0.3) is 0 Å². The molecule has 0 aliphatic heterocycles. The number of anilines is 2. The standard InChI is InChI=1S/C14H14N4O2S/c1-20-11-5-2-4-10(8-11)17-13(19)18-14-16-9-12(21-14)6-3-7-15/h2,4-5,8-9H,7,15H2,1H3,(H2,16,17,18,19). The number of benzene rings is 1. The fourth-order valence-corrected chi connectivity index (χ4v) is 2.17. The van der Waals surface area contributed by atoms with Gasteiger partial charge in [-0.3, -0.25) is 5.32 Å². The van der Waals surface area contributed by atoms with Crippen LogP contribution in [-0.4, -0.2) is 24.7 Å². The van der Waals surface area contributed by atoms with E-state index < -0.39 is 0 Å². The van der Waals surface area contributed by atoms with Crippen molar-refractivity contribution in [3.05, 3.63) is 35.3 Å². The Kier molecular flexibility index (Phi) is 5.15. The van der Waals surface area contributed by atoms with Crippen LogP contribution < -0.4 is 21.1 Å². The molecule has 21 heavy (non-hydrogen) atoms. The molecular formula is C14H14N4O2S. The van der Waals surface area contributed by atoms with Gasteiger partial charge < -0.3 is 15.8 Å². The lowest BCUT2D eigenvalue weighted by molar-refractivity contribution is 0.262. The number of thiazole rings is 1. The maximum atomic E-state index is 11.9. The highest BCUT2D eigenvalue weighted by molar-refractivity contribution is 7.16. The van der Waals surface area contributed by atoms with Crippen molar-refractivity contribution in [1.29, 1.82) is 0 Å². The van der Waals surface area contributed by atoms with Gasteiger partial charge in [0.2, 0.25) is 0 Å². The third-order valence-corrected chi connectivity index (χ3v) is 3.20. The van der Waals surface area contributed by atoms with E-state index >= 15 is 0 Å². The molecule has 2 rings (SSSR count). The fraction of sp³-hybridized carbons (Fsp3) is 0.143. The lowest BCUT2D eigenvalue weighted by atomic mass is 10.3. The van der Waals surface area contributed by atoms with E-state index in [2.05, 4.69) is 27.5 Å². The number of methoxy groups -OCH3 is 1. The highest BCUT2D eigenvalue weighted by Crippen LogP contribution is 2.19. The van der Waals surface area contributed by atoms with Gasteiger partial charge in [0.1, 0.15) is 5.75 Å². The van der Waals surface area contributed by atoms with E-state index in [1.165, 1.54) is 11.3 Å². The van der Waals surface area contributed by atoms with Crippen molar-refractivity contribution in [1.82, 2.24) is 4.98 Å². The largest absolute Gasteiger partial charge is 0.497 e. The highest BCUT2D eigenvalue weighted by atomic mass is 32.1. The second kappa shape index (κ2) is 7.28. The first kappa shape index (κ1) is 14.8. The summed E-state index contributed by atoms with van der Waals surface area (Å²) < 4.78 is 5.09. The Morgan fingerprint density at radius 2 is 2.33 bits per heavy atom. The van der Waals surface area contributed by atoms with Crippen LogP contribution in [-0.2, 0) is 0 Å². The molecule has 108 valence electrons. The van der Waals surface area contributed by atoms with Gasteiger partial charge in [0, 0.05) is 11.8 Å². The zero-order chi connectivity index (χ0) is 15.1. The van der Waals surface area contributed by atoms with Crippen LogP contribution in [0.1, 0.15) is 4.88 Å². The number of amides is 2. The third-order valence-electron chi connectivity index (χ3n) is 2.37. The first-order valence-corrected chi connectivity index (χ1v) is 6.89. The average molecular weight is 302 g/mol. The van der Waals surface area contributed by atoms with Crippen LogP contribution >= 0.6 is 11.3 Å². The van der Waals surface area contributed by atoms with Gasteiger partial charge in [0.15, 0.2) is 5.13 Å².